The summed E-state index contributed by atoms with van der Waals surface area (Å²) in [6.45, 7) is 1.25. The first kappa shape index (κ1) is 23.2. The third-order valence-electron chi connectivity index (χ3n) is 3.96. The lowest BCUT2D eigenvalue weighted by atomic mass is 10.2. The average molecular weight is 479 g/mol. The molecule has 0 aliphatic heterocycles. The molecular weight excluding hydrogens is 456 g/mol. The predicted octanol–water partition coefficient (Wildman–Crippen LogP) is 3.11. The number of benzene rings is 2. The molecule has 0 saturated carbocycles. The molecule has 0 spiro atoms. The maximum absolute atomic E-state index is 12.3. The maximum atomic E-state index is 12.3. The molecule has 0 bridgehead atoms. The molecule has 30 heavy (non-hydrogen) atoms. The van der Waals surface area contributed by atoms with Gasteiger partial charge in [0.05, 0.1) is 12.7 Å². The number of hydrogen-bond donors (Lipinski definition) is 1. The highest BCUT2D eigenvalue weighted by molar-refractivity contribution is 9.10. The van der Waals surface area contributed by atoms with Gasteiger partial charge in [0.1, 0.15) is 0 Å². The van der Waals surface area contributed by atoms with Crippen molar-refractivity contribution in [2.45, 2.75) is 13.0 Å². The molecule has 1 atom stereocenters. The largest absolute Gasteiger partial charge is 0.493 e. The highest BCUT2D eigenvalue weighted by atomic mass is 79.9. The summed E-state index contributed by atoms with van der Waals surface area (Å²) in [4.78, 5) is 37.6. The molecule has 0 aliphatic rings. The van der Waals surface area contributed by atoms with Crippen molar-refractivity contribution in [3.63, 3.8) is 0 Å². The first-order valence-electron chi connectivity index (χ1n) is 8.99. The van der Waals surface area contributed by atoms with Crippen LogP contribution in [0.25, 0.3) is 0 Å². The van der Waals surface area contributed by atoms with Gasteiger partial charge in [-0.25, -0.2) is 4.79 Å². The predicted molar refractivity (Wildman–Crippen MR) is 115 cm³/mol. The lowest BCUT2D eigenvalue weighted by Gasteiger charge is -2.17. The van der Waals surface area contributed by atoms with Crippen LogP contribution in [0.1, 0.15) is 17.3 Å². The van der Waals surface area contributed by atoms with Gasteiger partial charge >= 0.3 is 5.97 Å². The van der Waals surface area contributed by atoms with Crippen LogP contribution in [0.3, 0.4) is 0 Å². The lowest BCUT2D eigenvalue weighted by molar-refractivity contribution is -0.137. The second-order valence-electron chi connectivity index (χ2n) is 6.49. The van der Waals surface area contributed by atoms with Gasteiger partial charge in [-0.15, -0.1) is 0 Å². The van der Waals surface area contributed by atoms with E-state index < -0.39 is 12.1 Å². The Morgan fingerprint density at radius 3 is 2.33 bits per heavy atom. The maximum Gasteiger partial charge on any atom is 0.339 e. The number of nitrogens with one attached hydrogen (secondary N) is 1. The second-order valence-corrected chi connectivity index (χ2v) is 7.41. The molecule has 0 radical (unpaired) electrons. The zero-order valence-corrected chi connectivity index (χ0v) is 18.7. The zero-order chi connectivity index (χ0) is 22.3. The van der Waals surface area contributed by atoms with Crippen molar-refractivity contribution in [1.29, 1.82) is 0 Å². The summed E-state index contributed by atoms with van der Waals surface area (Å²) < 4.78 is 16.8. The standard InChI is InChI=1S/C21H23BrN2O6/c1-13(20(26)24(2)3)30-21(27)14-5-10-17(18(11-14)28-4)29-12-19(25)23-16-8-6-15(22)7-9-16/h5-11,13H,12H2,1-4H3,(H,23,25). The Balaban J connectivity index is 1.99. The number of carbonyl (C=O) groups excluding carboxylic acids is 3. The minimum absolute atomic E-state index is 0.192. The molecule has 0 heterocycles. The van der Waals surface area contributed by atoms with Gasteiger partial charge in [0.25, 0.3) is 11.8 Å². The average Bonchev–Trinajstić information content (AvgIpc) is 2.72. The summed E-state index contributed by atoms with van der Waals surface area (Å²) in [5.41, 5.74) is 0.829. The Bertz CT molecular complexity index is 914. The van der Waals surface area contributed by atoms with Crippen LogP contribution in [-0.4, -0.2) is 56.6 Å². The molecule has 2 aromatic carbocycles. The van der Waals surface area contributed by atoms with Gasteiger partial charge in [0.15, 0.2) is 24.2 Å². The van der Waals surface area contributed by atoms with Gasteiger partial charge in [-0.1, -0.05) is 15.9 Å². The Labute approximate surface area is 183 Å². The molecule has 2 rings (SSSR count). The molecule has 0 aliphatic carbocycles. The van der Waals surface area contributed by atoms with Gasteiger partial charge < -0.3 is 24.4 Å². The number of ether oxygens (including phenoxy) is 3. The van der Waals surface area contributed by atoms with Gasteiger partial charge in [-0.3, -0.25) is 9.59 Å². The summed E-state index contributed by atoms with van der Waals surface area (Å²) in [5, 5.41) is 2.71. The number of likely N-dealkylation sites (N-methyl/N-ethyl adjacent to an activating group) is 1. The van der Waals surface area contributed by atoms with E-state index in [9.17, 15) is 14.4 Å². The number of nitrogens with zero attached hydrogens (tertiary/aromatic N) is 1. The van der Waals surface area contributed by atoms with Crippen molar-refractivity contribution < 1.29 is 28.6 Å². The van der Waals surface area contributed by atoms with E-state index in [0.717, 1.165) is 4.47 Å². The van der Waals surface area contributed by atoms with E-state index in [1.807, 2.05) is 12.1 Å². The fourth-order valence-corrected chi connectivity index (χ4v) is 2.69. The Morgan fingerprint density at radius 1 is 1.07 bits per heavy atom. The number of halogens is 1. The molecule has 0 fully saturated rings. The van der Waals surface area contributed by atoms with Gasteiger partial charge in [-0.05, 0) is 49.4 Å². The number of carbonyl (C=O) groups is 3. The number of esters is 1. The van der Waals surface area contributed by atoms with Crippen LogP contribution in [-0.2, 0) is 14.3 Å². The Morgan fingerprint density at radius 2 is 1.73 bits per heavy atom. The van der Waals surface area contributed by atoms with E-state index in [1.165, 1.54) is 37.1 Å². The van der Waals surface area contributed by atoms with Crippen molar-refractivity contribution in [3.05, 3.63) is 52.5 Å². The van der Waals surface area contributed by atoms with E-state index in [4.69, 9.17) is 14.2 Å². The summed E-state index contributed by atoms with van der Waals surface area (Å²) in [5.74, 6) is -0.800. The van der Waals surface area contributed by atoms with Crippen LogP contribution in [0.2, 0.25) is 0 Å². The zero-order valence-electron chi connectivity index (χ0n) is 17.1. The van der Waals surface area contributed by atoms with Crippen molar-refractivity contribution in [2.24, 2.45) is 0 Å². The summed E-state index contributed by atoms with van der Waals surface area (Å²) in [6.07, 6.45) is -0.920. The first-order chi connectivity index (χ1) is 14.2. The minimum Gasteiger partial charge on any atom is -0.493 e. The fraction of sp³-hybridized carbons (Fsp3) is 0.286. The number of anilines is 1. The van der Waals surface area contributed by atoms with Crippen LogP contribution in [0, 0.1) is 0 Å². The van der Waals surface area contributed by atoms with Crippen LogP contribution in [0.15, 0.2) is 46.9 Å². The number of methoxy groups -OCH3 is 1. The molecule has 1 N–H and O–H groups in total. The Kier molecular flexibility index (Phi) is 8.23. The van der Waals surface area contributed by atoms with E-state index in [2.05, 4.69) is 21.2 Å². The van der Waals surface area contributed by atoms with Crippen LogP contribution < -0.4 is 14.8 Å². The van der Waals surface area contributed by atoms with E-state index in [-0.39, 0.29) is 35.5 Å². The van der Waals surface area contributed by atoms with Crippen molar-refractivity contribution in [3.8, 4) is 11.5 Å². The molecule has 0 aromatic heterocycles. The molecule has 0 saturated heterocycles. The third-order valence-corrected chi connectivity index (χ3v) is 4.49. The Hall–Kier alpha value is -3.07. The lowest BCUT2D eigenvalue weighted by Crippen LogP contribution is -2.34. The summed E-state index contributed by atoms with van der Waals surface area (Å²) >= 11 is 3.33. The molecular formula is C21H23BrN2O6. The first-order valence-corrected chi connectivity index (χ1v) is 9.79. The molecule has 8 nitrogen and oxygen atoms in total. The van der Waals surface area contributed by atoms with Crippen LogP contribution in [0.5, 0.6) is 11.5 Å². The van der Waals surface area contributed by atoms with E-state index >= 15 is 0 Å². The highest BCUT2D eigenvalue weighted by Crippen LogP contribution is 2.28. The molecule has 160 valence electrons. The number of rotatable bonds is 8. The van der Waals surface area contributed by atoms with Crippen LogP contribution >= 0.6 is 15.9 Å². The molecule has 1 unspecified atom stereocenters. The molecule has 9 heteroatoms. The SMILES string of the molecule is COc1cc(C(=O)OC(C)C(=O)N(C)C)ccc1OCC(=O)Nc1ccc(Br)cc1. The quantitative estimate of drug-likeness (QED) is 0.585. The second kappa shape index (κ2) is 10.6. The number of amides is 2. The third kappa shape index (κ3) is 6.48. The highest BCUT2D eigenvalue weighted by Gasteiger charge is 2.21. The smallest absolute Gasteiger partial charge is 0.339 e. The summed E-state index contributed by atoms with van der Waals surface area (Å²) in [6, 6.07) is 11.5. The van der Waals surface area contributed by atoms with Gasteiger partial charge in [-0.2, -0.15) is 0 Å². The fourth-order valence-electron chi connectivity index (χ4n) is 2.43. The molecule has 2 aromatic rings. The number of hydrogen-bond acceptors (Lipinski definition) is 6. The normalized spacial score (nSPS) is 11.2. The summed E-state index contributed by atoms with van der Waals surface area (Å²) in [7, 11) is 4.57. The minimum atomic E-state index is -0.920. The van der Waals surface area contributed by atoms with Crippen LogP contribution in [0.4, 0.5) is 5.69 Å². The van der Waals surface area contributed by atoms with Crippen molar-refractivity contribution >= 4 is 39.4 Å². The monoisotopic (exact) mass is 478 g/mol. The topological polar surface area (TPSA) is 94.2 Å². The molecule has 2 amide bonds. The van der Waals surface area contributed by atoms with Crippen molar-refractivity contribution in [2.75, 3.05) is 33.1 Å². The van der Waals surface area contributed by atoms with Gasteiger partial charge in [0.2, 0.25) is 0 Å². The van der Waals surface area contributed by atoms with E-state index in [0.29, 0.717) is 5.69 Å². The van der Waals surface area contributed by atoms with E-state index in [1.54, 1.807) is 26.2 Å². The van der Waals surface area contributed by atoms with Crippen molar-refractivity contribution in [1.82, 2.24) is 4.90 Å². The van der Waals surface area contributed by atoms with Gasteiger partial charge in [0, 0.05) is 24.3 Å².